The molecule has 0 bridgehead atoms. The molecule has 6 heteroatoms. The maximum atomic E-state index is 12.0. The van der Waals surface area contributed by atoms with E-state index in [4.69, 9.17) is 5.11 Å². The lowest BCUT2D eigenvalue weighted by molar-refractivity contribution is -0.117. The highest BCUT2D eigenvalue weighted by atomic mass is 16.3. The molecule has 0 atom stereocenters. The molecule has 0 aliphatic heterocycles. The van der Waals surface area contributed by atoms with Crippen LogP contribution in [0.1, 0.15) is 24.7 Å². The summed E-state index contributed by atoms with van der Waals surface area (Å²) >= 11 is 0. The fourth-order valence-electron chi connectivity index (χ4n) is 1.98. The summed E-state index contributed by atoms with van der Waals surface area (Å²) in [5.41, 5.74) is 2.57. The number of nitrogens with zero attached hydrogens (tertiary/aromatic N) is 3. The minimum Gasteiger partial charge on any atom is -0.396 e. The van der Waals surface area contributed by atoms with Crippen LogP contribution in [0.15, 0.2) is 0 Å². The van der Waals surface area contributed by atoms with E-state index in [1.807, 2.05) is 32.7 Å². The third kappa shape index (κ3) is 4.33. The largest absolute Gasteiger partial charge is 0.396 e. The number of anilines is 1. The van der Waals surface area contributed by atoms with Gasteiger partial charge < -0.3 is 10.4 Å². The van der Waals surface area contributed by atoms with Crippen molar-refractivity contribution < 1.29 is 9.90 Å². The second-order valence-corrected chi connectivity index (χ2v) is 4.66. The number of aromatic nitrogens is 2. The van der Waals surface area contributed by atoms with Gasteiger partial charge in [-0.05, 0) is 26.8 Å². The molecule has 1 amide bonds. The number of hydrogen-bond donors (Lipinski definition) is 2. The van der Waals surface area contributed by atoms with E-state index < -0.39 is 0 Å². The number of carbonyl (C=O) groups excluding carboxylic acids is 1. The van der Waals surface area contributed by atoms with Gasteiger partial charge in [-0.25, -0.2) is 0 Å². The Labute approximate surface area is 114 Å². The Kier molecular flexibility index (Phi) is 5.98. The molecule has 0 aromatic carbocycles. The number of carbonyl (C=O) groups is 1. The Hall–Kier alpha value is -1.40. The van der Waals surface area contributed by atoms with Crippen molar-refractivity contribution in [2.24, 2.45) is 7.05 Å². The highest BCUT2D eigenvalue weighted by molar-refractivity contribution is 5.93. The van der Waals surface area contributed by atoms with Gasteiger partial charge in [-0.1, -0.05) is 6.92 Å². The van der Waals surface area contributed by atoms with Crippen LogP contribution < -0.4 is 5.32 Å². The van der Waals surface area contributed by atoms with E-state index in [0.717, 1.165) is 30.2 Å². The van der Waals surface area contributed by atoms with Crippen molar-refractivity contribution in [3.05, 3.63) is 11.4 Å². The molecule has 2 N–H and O–H groups in total. The van der Waals surface area contributed by atoms with Gasteiger partial charge in [0.15, 0.2) is 0 Å². The lowest BCUT2D eigenvalue weighted by Gasteiger charge is -2.19. The van der Waals surface area contributed by atoms with Crippen LogP contribution in [0, 0.1) is 13.8 Å². The molecule has 108 valence electrons. The smallest absolute Gasteiger partial charge is 0.238 e. The lowest BCUT2D eigenvalue weighted by Crippen LogP contribution is -2.34. The van der Waals surface area contributed by atoms with Crippen molar-refractivity contribution in [3.63, 3.8) is 0 Å². The summed E-state index contributed by atoms with van der Waals surface area (Å²) in [5, 5.41) is 16.0. The monoisotopic (exact) mass is 268 g/mol. The summed E-state index contributed by atoms with van der Waals surface area (Å²) in [6.45, 7) is 7.82. The molecule has 0 saturated carbocycles. The number of aliphatic hydroxyl groups excluding tert-OH is 1. The summed E-state index contributed by atoms with van der Waals surface area (Å²) < 4.78 is 1.76. The first-order valence-electron chi connectivity index (χ1n) is 6.62. The van der Waals surface area contributed by atoms with Crippen LogP contribution in [0.5, 0.6) is 0 Å². The Morgan fingerprint density at radius 3 is 2.63 bits per heavy atom. The lowest BCUT2D eigenvalue weighted by atomic mass is 10.3. The van der Waals surface area contributed by atoms with Gasteiger partial charge in [-0.15, -0.1) is 0 Å². The normalized spacial score (nSPS) is 11.1. The average Bonchev–Trinajstić information content (AvgIpc) is 2.61. The zero-order valence-corrected chi connectivity index (χ0v) is 12.2. The van der Waals surface area contributed by atoms with Crippen molar-refractivity contribution in [2.45, 2.75) is 27.2 Å². The zero-order chi connectivity index (χ0) is 14.4. The molecule has 6 nitrogen and oxygen atoms in total. The molecule has 1 aromatic heterocycles. The Morgan fingerprint density at radius 1 is 1.47 bits per heavy atom. The molecular formula is C13H24N4O2. The summed E-state index contributed by atoms with van der Waals surface area (Å²) in [4.78, 5) is 14.0. The van der Waals surface area contributed by atoms with Gasteiger partial charge in [0.1, 0.15) is 0 Å². The highest BCUT2D eigenvalue weighted by Crippen LogP contribution is 2.18. The van der Waals surface area contributed by atoms with Gasteiger partial charge in [0.2, 0.25) is 5.91 Å². The minimum absolute atomic E-state index is 0.0426. The quantitative estimate of drug-likeness (QED) is 0.763. The minimum atomic E-state index is -0.0426. The Bertz CT molecular complexity index is 429. The van der Waals surface area contributed by atoms with Crippen molar-refractivity contribution in [3.8, 4) is 0 Å². The van der Waals surface area contributed by atoms with Crippen LogP contribution >= 0.6 is 0 Å². The predicted octanol–water partition coefficient (Wildman–Crippen LogP) is 0.680. The molecule has 0 spiro atoms. The van der Waals surface area contributed by atoms with Gasteiger partial charge in [-0.3, -0.25) is 14.4 Å². The Balaban J connectivity index is 2.59. The van der Waals surface area contributed by atoms with Crippen molar-refractivity contribution in [1.29, 1.82) is 0 Å². The fourth-order valence-corrected chi connectivity index (χ4v) is 1.98. The number of rotatable bonds is 7. The molecule has 19 heavy (non-hydrogen) atoms. The van der Waals surface area contributed by atoms with E-state index in [9.17, 15) is 4.79 Å². The van der Waals surface area contributed by atoms with Crippen LogP contribution in [-0.4, -0.2) is 51.9 Å². The SMILES string of the molecule is CCN(CCCO)CC(=O)Nc1c(C)nn(C)c1C. The maximum absolute atomic E-state index is 12.0. The fraction of sp³-hybridized carbons (Fsp3) is 0.692. The number of aryl methyl sites for hydroxylation is 2. The average molecular weight is 268 g/mol. The van der Waals surface area contributed by atoms with E-state index in [2.05, 4.69) is 10.4 Å². The number of amides is 1. The molecule has 0 saturated heterocycles. The topological polar surface area (TPSA) is 70.4 Å². The molecule has 0 radical (unpaired) electrons. The summed E-state index contributed by atoms with van der Waals surface area (Å²) in [6, 6.07) is 0. The van der Waals surface area contributed by atoms with E-state index in [-0.39, 0.29) is 12.5 Å². The van der Waals surface area contributed by atoms with E-state index >= 15 is 0 Å². The van der Waals surface area contributed by atoms with Crippen LogP contribution in [0.25, 0.3) is 0 Å². The first-order chi connectivity index (χ1) is 8.99. The third-order valence-corrected chi connectivity index (χ3v) is 3.22. The Morgan fingerprint density at radius 2 is 2.16 bits per heavy atom. The van der Waals surface area contributed by atoms with E-state index in [1.54, 1.807) is 4.68 Å². The number of likely N-dealkylation sites (N-methyl/N-ethyl adjacent to an activating group) is 1. The van der Waals surface area contributed by atoms with Gasteiger partial charge in [0, 0.05) is 20.2 Å². The molecule has 0 fully saturated rings. The molecular weight excluding hydrogens is 244 g/mol. The molecule has 1 aromatic rings. The second-order valence-electron chi connectivity index (χ2n) is 4.66. The predicted molar refractivity (Wildman–Crippen MR) is 75.1 cm³/mol. The summed E-state index contributed by atoms with van der Waals surface area (Å²) in [6.07, 6.45) is 0.687. The highest BCUT2D eigenvalue weighted by Gasteiger charge is 2.14. The van der Waals surface area contributed by atoms with Gasteiger partial charge in [0.25, 0.3) is 0 Å². The van der Waals surface area contributed by atoms with Crippen molar-refractivity contribution >= 4 is 11.6 Å². The molecule has 1 rings (SSSR count). The number of aliphatic hydroxyl groups is 1. The number of hydrogen-bond acceptors (Lipinski definition) is 4. The first kappa shape index (κ1) is 15.7. The molecule has 0 aliphatic carbocycles. The molecule has 1 heterocycles. The second kappa shape index (κ2) is 7.25. The van der Waals surface area contributed by atoms with Crippen LogP contribution in [-0.2, 0) is 11.8 Å². The van der Waals surface area contributed by atoms with Gasteiger partial charge in [0.05, 0.1) is 23.6 Å². The van der Waals surface area contributed by atoms with Crippen LogP contribution in [0.4, 0.5) is 5.69 Å². The van der Waals surface area contributed by atoms with Crippen LogP contribution in [0.3, 0.4) is 0 Å². The van der Waals surface area contributed by atoms with E-state index in [0.29, 0.717) is 13.0 Å². The van der Waals surface area contributed by atoms with Gasteiger partial charge >= 0.3 is 0 Å². The number of nitrogens with one attached hydrogen (secondary N) is 1. The van der Waals surface area contributed by atoms with Crippen molar-refractivity contribution in [2.75, 3.05) is 31.6 Å². The molecule has 0 unspecified atom stereocenters. The van der Waals surface area contributed by atoms with Crippen LogP contribution in [0.2, 0.25) is 0 Å². The first-order valence-corrected chi connectivity index (χ1v) is 6.62. The molecule has 0 aliphatic rings. The maximum Gasteiger partial charge on any atom is 0.238 e. The summed E-state index contributed by atoms with van der Waals surface area (Å²) in [7, 11) is 1.86. The van der Waals surface area contributed by atoms with E-state index in [1.165, 1.54) is 0 Å². The zero-order valence-electron chi connectivity index (χ0n) is 12.2. The third-order valence-electron chi connectivity index (χ3n) is 3.22. The summed E-state index contributed by atoms with van der Waals surface area (Å²) in [5.74, 6) is -0.0426. The standard InChI is InChI=1S/C13H24N4O2/c1-5-17(7-6-8-18)9-12(19)14-13-10(2)15-16(4)11(13)3/h18H,5-9H2,1-4H3,(H,14,19). The van der Waals surface area contributed by atoms with Gasteiger partial charge in [-0.2, -0.15) is 5.10 Å². The van der Waals surface area contributed by atoms with Crippen molar-refractivity contribution in [1.82, 2.24) is 14.7 Å².